The fourth-order valence-corrected chi connectivity index (χ4v) is 3.99. The van der Waals surface area contributed by atoms with E-state index in [4.69, 9.17) is 9.47 Å². The molecule has 4 heteroatoms. The molecule has 0 bridgehead atoms. The number of likely N-dealkylation sites (N-methyl/N-ethyl adjacent to an activating group) is 1. The van der Waals surface area contributed by atoms with Crippen molar-refractivity contribution in [2.45, 2.75) is 72.1 Å². The molecule has 0 aliphatic carbocycles. The first-order chi connectivity index (χ1) is 10.6. The van der Waals surface area contributed by atoms with E-state index < -0.39 is 0 Å². The van der Waals surface area contributed by atoms with Gasteiger partial charge < -0.3 is 14.8 Å². The van der Waals surface area contributed by atoms with E-state index in [2.05, 4.69) is 51.9 Å². The Kier molecular flexibility index (Phi) is 6.51. The quantitative estimate of drug-likeness (QED) is 0.842. The van der Waals surface area contributed by atoms with Crippen molar-refractivity contribution in [3.8, 4) is 0 Å². The molecule has 2 fully saturated rings. The summed E-state index contributed by atoms with van der Waals surface area (Å²) in [6.07, 6.45) is 4.10. The molecule has 0 radical (unpaired) electrons. The Labute approximate surface area is 143 Å². The Morgan fingerprint density at radius 3 is 2.26 bits per heavy atom. The molecule has 1 N–H and O–H groups in total. The number of hydrogen-bond donors (Lipinski definition) is 1. The van der Waals surface area contributed by atoms with Crippen molar-refractivity contribution in [3.63, 3.8) is 0 Å². The van der Waals surface area contributed by atoms with Crippen molar-refractivity contribution in [1.29, 1.82) is 0 Å². The Bertz CT molecular complexity index is 365. The summed E-state index contributed by atoms with van der Waals surface area (Å²) < 4.78 is 12.1. The molecule has 2 aliphatic heterocycles. The highest BCUT2D eigenvalue weighted by molar-refractivity contribution is 4.86. The SMILES string of the molecule is CN1CCOCC1CC(C)(C)CC1CNCC(CC(C)(C)C)O1. The Morgan fingerprint density at radius 1 is 1.00 bits per heavy atom. The van der Waals surface area contributed by atoms with Gasteiger partial charge in [-0.25, -0.2) is 0 Å². The maximum absolute atomic E-state index is 6.41. The third kappa shape index (κ3) is 6.69. The lowest BCUT2D eigenvalue weighted by molar-refractivity contribution is -0.0755. The predicted octanol–water partition coefficient (Wildman–Crippen LogP) is 2.92. The number of ether oxygens (including phenoxy) is 2. The van der Waals surface area contributed by atoms with Crippen molar-refractivity contribution in [3.05, 3.63) is 0 Å². The van der Waals surface area contributed by atoms with Gasteiger partial charge in [0.05, 0.1) is 25.4 Å². The molecule has 0 spiro atoms. The molecule has 3 atom stereocenters. The molecule has 0 aromatic heterocycles. The van der Waals surface area contributed by atoms with Crippen LogP contribution in [0.25, 0.3) is 0 Å². The lowest BCUT2D eigenvalue weighted by Crippen LogP contribution is -2.49. The molecule has 23 heavy (non-hydrogen) atoms. The standard InChI is InChI=1S/C19H38N2O2/c1-18(2,3)10-16-12-20-13-17(23-16)11-19(4,5)9-15-14-22-8-7-21(15)6/h15-17,20H,7-14H2,1-6H3. The molecule has 4 nitrogen and oxygen atoms in total. The van der Waals surface area contributed by atoms with Crippen molar-refractivity contribution in [2.24, 2.45) is 10.8 Å². The lowest BCUT2D eigenvalue weighted by Gasteiger charge is -2.41. The molecule has 2 rings (SSSR count). The topological polar surface area (TPSA) is 33.7 Å². The summed E-state index contributed by atoms with van der Waals surface area (Å²) >= 11 is 0. The van der Waals surface area contributed by atoms with Crippen LogP contribution in [0.5, 0.6) is 0 Å². The van der Waals surface area contributed by atoms with Crippen LogP contribution in [0.3, 0.4) is 0 Å². The van der Waals surface area contributed by atoms with Gasteiger partial charge in [0.25, 0.3) is 0 Å². The first-order valence-corrected chi connectivity index (χ1v) is 9.29. The van der Waals surface area contributed by atoms with E-state index in [1.165, 1.54) is 6.42 Å². The van der Waals surface area contributed by atoms with Crippen LogP contribution in [0, 0.1) is 10.8 Å². The molecule has 2 heterocycles. The van der Waals surface area contributed by atoms with Crippen LogP contribution in [0.1, 0.15) is 53.9 Å². The maximum Gasteiger partial charge on any atom is 0.0709 e. The van der Waals surface area contributed by atoms with E-state index in [1.807, 2.05) is 0 Å². The van der Waals surface area contributed by atoms with Gasteiger partial charge in [-0.15, -0.1) is 0 Å². The van der Waals surface area contributed by atoms with Crippen LogP contribution in [-0.2, 0) is 9.47 Å². The second-order valence-corrected chi connectivity index (χ2v) is 9.58. The highest BCUT2D eigenvalue weighted by Gasteiger charge is 2.33. The van der Waals surface area contributed by atoms with Gasteiger partial charge in [-0.1, -0.05) is 34.6 Å². The zero-order chi connectivity index (χ0) is 17.1. The largest absolute Gasteiger partial charge is 0.378 e. The minimum atomic E-state index is 0.273. The van der Waals surface area contributed by atoms with Crippen molar-refractivity contribution in [1.82, 2.24) is 10.2 Å². The zero-order valence-electron chi connectivity index (χ0n) is 16.2. The zero-order valence-corrected chi connectivity index (χ0v) is 16.2. The third-order valence-electron chi connectivity index (χ3n) is 5.06. The van der Waals surface area contributed by atoms with Gasteiger partial charge in [-0.3, -0.25) is 4.90 Å². The molecular formula is C19H38N2O2. The monoisotopic (exact) mass is 326 g/mol. The highest BCUT2D eigenvalue weighted by atomic mass is 16.5. The molecule has 0 aromatic rings. The Hall–Kier alpha value is -0.160. The summed E-state index contributed by atoms with van der Waals surface area (Å²) in [5.41, 5.74) is 0.599. The number of morpholine rings is 2. The minimum absolute atomic E-state index is 0.273. The molecule has 0 aromatic carbocycles. The van der Waals surface area contributed by atoms with Gasteiger partial charge in [0.15, 0.2) is 0 Å². The van der Waals surface area contributed by atoms with Crippen molar-refractivity contribution in [2.75, 3.05) is 39.9 Å². The average Bonchev–Trinajstić information content (AvgIpc) is 2.39. The van der Waals surface area contributed by atoms with Gasteiger partial charge in [-0.05, 0) is 37.1 Å². The molecule has 136 valence electrons. The van der Waals surface area contributed by atoms with E-state index in [-0.39, 0.29) is 5.41 Å². The molecule has 0 amide bonds. The number of hydrogen-bond acceptors (Lipinski definition) is 4. The molecule has 0 saturated carbocycles. The average molecular weight is 327 g/mol. The predicted molar refractivity (Wildman–Crippen MR) is 95.9 cm³/mol. The van der Waals surface area contributed by atoms with Gasteiger partial charge >= 0.3 is 0 Å². The Balaban J connectivity index is 1.84. The van der Waals surface area contributed by atoms with Gasteiger partial charge in [0, 0.05) is 25.7 Å². The van der Waals surface area contributed by atoms with Crippen LogP contribution in [0.15, 0.2) is 0 Å². The maximum atomic E-state index is 6.41. The number of nitrogens with one attached hydrogen (secondary N) is 1. The third-order valence-corrected chi connectivity index (χ3v) is 5.06. The summed E-state index contributed by atoms with van der Waals surface area (Å²) in [4.78, 5) is 2.45. The smallest absolute Gasteiger partial charge is 0.0709 e. The first-order valence-electron chi connectivity index (χ1n) is 9.29. The normalized spacial score (nSPS) is 31.3. The van der Waals surface area contributed by atoms with E-state index in [9.17, 15) is 0 Å². The lowest BCUT2D eigenvalue weighted by atomic mass is 9.79. The number of nitrogens with zero attached hydrogens (tertiary/aromatic N) is 1. The first kappa shape index (κ1) is 19.2. The van der Waals surface area contributed by atoms with E-state index in [0.717, 1.165) is 45.7 Å². The van der Waals surface area contributed by atoms with Gasteiger partial charge in [-0.2, -0.15) is 0 Å². The fraction of sp³-hybridized carbons (Fsp3) is 1.00. The second kappa shape index (κ2) is 7.81. The minimum Gasteiger partial charge on any atom is -0.378 e. The molecule has 3 unspecified atom stereocenters. The molecular weight excluding hydrogens is 288 g/mol. The second-order valence-electron chi connectivity index (χ2n) is 9.58. The van der Waals surface area contributed by atoms with Crippen molar-refractivity contribution >= 4 is 0 Å². The van der Waals surface area contributed by atoms with E-state index in [1.54, 1.807) is 0 Å². The van der Waals surface area contributed by atoms with Gasteiger partial charge in [0.2, 0.25) is 0 Å². The van der Waals surface area contributed by atoms with Crippen LogP contribution in [0.4, 0.5) is 0 Å². The van der Waals surface area contributed by atoms with E-state index in [0.29, 0.717) is 23.7 Å². The van der Waals surface area contributed by atoms with Crippen LogP contribution in [0.2, 0.25) is 0 Å². The van der Waals surface area contributed by atoms with Crippen molar-refractivity contribution < 1.29 is 9.47 Å². The van der Waals surface area contributed by atoms with Crippen LogP contribution in [-0.4, -0.2) is 63.0 Å². The summed E-state index contributed by atoms with van der Waals surface area (Å²) in [5, 5.41) is 3.58. The summed E-state index contributed by atoms with van der Waals surface area (Å²) in [5.74, 6) is 0. The molecule has 2 saturated heterocycles. The van der Waals surface area contributed by atoms with Crippen LogP contribution < -0.4 is 5.32 Å². The number of rotatable bonds is 5. The fourth-order valence-electron chi connectivity index (χ4n) is 3.99. The van der Waals surface area contributed by atoms with Crippen LogP contribution >= 0.6 is 0 Å². The highest BCUT2D eigenvalue weighted by Crippen LogP contribution is 2.33. The van der Waals surface area contributed by atoms with E-state index >= 15 is 0 Å². The summed E-state index contributed by atoms with van der Waals surface area (Å²) in [6.45, 7) is 16.4. The summed E-state index contributed by atoms with van der Waals surface area (Å²) in [7, 11) is 2.22. The Morgan fingerprint density at radius 2 is 1.65 bits per heavy atom. The summed E-state index contributed by atoms with van der Waals surface area (Å²) in [6, 6.07) is 0.542. The van der Waals surface area contributed by atoms with Gasteiger partial charge in [0.1, 0.15) is 0 Å². The molecule has 2 aliphatic rings.